The van der Waals surface area contributed by atoms with E-state index in [1.165, 1.54) is 0 Å². The van der Waals surface area contributed by atoms with Crippen molar-refractivity contribution < 1.29 is 4.39 Å². The lowest BCUT2D eigenvalue weighted by atomic mass is 10.2. The van der Waals surface area contributed by atoms with E-state index in [0.29, 0.717) is 6.42 Å². The lowest BCUT2D eigenvalue weighted by molar-refractivity contribution is 0.494. The van der Waals surface area contributed by atoms with E-state index in [0.717, 1.165) is 5.57 Å². The Kier molecular flexibility index (Phi) is 3.67. The average molecular weight is 102 g/mol. The second kappa shape index (κ2) is 3.85. The quantitative estimate of drug-likeness (QED) is 0.469. The van der Waals surface area contributed by atoms with E-state index >= 15 is 0 Å². The van der Waals surface area contributed by atoms with Crippen LogP contribution in [0, 0.1) is 0 Å². The predicted molar refractivity (Wildman–Crippen MR) is 30.0 cm³/mol. The van der Waals surface area contributed by atoms with E-state index in [1.807, 2.05) is 19.9 Å². The highest BCUT2D eigenvalue weighted by atomic mass is 19.1. The summed E-state index contributed by atoms with van der Waals surface area (Å²) in [5.41, 5.74) is 1.13. The maximum Gasteiger partial charge on any atom is 0.0931 e. The van der Waals surface area contributed by atoms with E-state index < -0.39 is 0 Å². The second-order valence-electron chi connectivity index (χ2n) is 1.57. The van der Waals surface area contributed by atoms with E-state index in [9.17, 15) is 4.39 Å². The largest absolute Gasteiger partial charge is 0.251 e. The SMILES string of the molecule is C/C=C(\C)CCF. The van der Waals surface area contributed by atoms with Crippen molar-refractivity contribution in [3.05, 3.63) is 11.6 Å². The molecule has 0 nitrogen and oxygen atoms in total. The first-order chi connectivity index (χ1) is 3.31. The number of halogens is 1. The Morgan fingerprint density at radius 1 is 1.71 bits per heavy atom. The van der Waals surface area contributed by atoms with Crippen LogP contribution in [0.5, 0.6) is 0 Å². The monoisotopic (exact) mass is 102 g/mol. The van der Waals surface area contributed by atoms with Crippen molar-refractivity contribution in [2.24, 2.45) is 0 Å². The minimum Gasteiger partial charge on any atom is -0.251 e. The minimum atomic E-state index is -0.226. The van der Waals surface area contributed by atoms with Gasteiger partial charge >= 0.3 is 0 Å². The van der Waals surface area contributed by atoms with Crippen molar-refractivity contribution in [2.45, 2.75) is 20.3 Å². The number of alkyl halides is 1. The molecule has 0 bridgehead atoms. The van der Waals surface area contributed by atoms with Gasteiger partial charge in [0.15, 0.2) is 0 Å². The zero-order valence-corrected chi connectivity index (χ0v) is 4.87. The molecule has 1 heteroatoms. The van der Waals surface area contributed by atoms with Crippen LogP contribution in [-0.4, -0.2) is 6.67 Å². The van der Waals surface area contributed by atoms with Crippen molar-refractivity contribution in [2.75, 3.05) is 6.67 Å². The molecule has 0 aromatic rings. The van der Waals surface area contributed by atoms with Crippen LogP contribution in [0.3, 0.4) is 0 Å². The van der Waals surface area contributed by atoms with Crippen LogP contribution in [0.15, 0.2) is 11.6 Å². The summed E-state index contributed by atoms with van der Waals surface area (Å²) >= 11 is 0. The Bertz CT molecular complexity index is 64.6. The summed E-state index contributed by atoms with van der Waals surface area (Å²) in [6.45, 7) is 3.63. The van der Waals surface area contributed by atoms with Crippen molar-refractivity contribution in [1.82, 2.24) is 0 Å². The Labute approximate surface area is 44.0 Å². The summed E-state index contributed by atoms with van der Waals surface area (Å²) in [5, 5.41) is 0. The van der Waals surface area contributed by atoms with Crippen LogP contribution >= 0.6 is 0 Å². The summed E-state index contributed by atoms with van der Waals surface area (Å²) in [4.78, 5) is 0. The molecule has 0 aliphatic heterocycles. The van der Waals surface area contributed by atoms with Crippen LogP contribution in [0.1, 0.15) is 20.3 Å². The maximum atomic E-state index is 11.4. The molecule has 0 fully saturated rings. The normalized spacial score (nSPS) is 12.1. The molecule has 0 spiro atoms. The summed E-state index contributed by atoms with van der Waals surface area (Å²) in [6, 6.07) is 0. The molecule has 0 saturated heterocycles. The van der Waals surface area contributed by atoms with E-state index in [1.54, 1.807) is 0 Å². The third-order valence-corrected chi connectivity index (χ3v) is 0.982. The van der Waals surface area contributed by atoms with Gasteiger partial charge < -0.3 is 0 Å². The first kappa shape index (κ1) is 6.67. The van der Waals surface area contributed by atoms with Gasteiger partial charge in [0.25, 0.3) is 0 Å². The predicted octanol–water partition coefficient (Wildman–Crippen LogP) is 2.31. The summed E-state index contributed by atoms with van der Waals surface area (Å²) in [5.74, 6) is 0. The van der Waals surface area contributed by atoms with Gasteiger partial charge in [-0.15, -0.1) is 0 Å². The molecule has 0 atom stereocenters. The molecule has 0 amide bonds. The lowest BCUT2D eigenvalue weighted by Gasteiger charge is -1.88. The molecule has 0 heterocycles. The third kappa shape index (κ3) is 3.50. The van der Waals surface area contributed by atoms with E-state index in [2.05, 4.69) is 0 Å². The van der Waals surface area contributed by atoms with Crippen LogP contribution in [0.4, 0.5) is 4.39 Å². The molecule has 0 N–H and O–H groups in total. The molecule has 0 aromatic carbocycles. The van der Waals surface area contributed by atoms with Gasteiger partial charge in [0.05, 0.1) is 6.67 Å². The second-order valence-corrected chi connectivity index (χ2v) is 1.57. The van der Waals surface area contributed by atoms with Gasteiger partial charge in [-0.3, -0.25) is 4.39 Å². The average Bonchev–Trinajstić information content (AvgIpc) is 1.68. The van der Waals surface area contributed by atoms with Gasteiger partial charge in [0.1, 0.15) is 0 Å². The molecule has 0 aromatic heterocycles. The molecule has 0 saturated carbocycles. The minimum absolute atomic E-state index is 0.226. The number of hydrogen-bond acceptors (Lipinski definition) is 0. The highest BCUT2D eigenvalue weighted by molar-refractivity contribution is 4.94. The molecule has 42 valence electrons. The Hall–Kier alpha value is -0.330. The molecule has 0 unspecified atom stereocenters. The molecule has 0 aliphatic carbocycles. The fourth-order valence-electron chi connectivity index (χ4n) is 0.293. The number of hydrogen-bond donors (Lipinski definition) is 0. The van der Waals surface area contributed by atoms with Gasteiger partial charge in [-0.25, -0.2) is 0 Å². The van der Waals surface area contributed by atoms with Crippen molar-refractivity contribution in [3.8, 4) is 0 Å². The standard InChI is InChI=1S/C6H11F/c1-3-6(2)4-5-7/h3H,4-5H2,1-2H3/b6-3+. The third-order valence-electron chi connectivity index (χ3n) is 0.982. The van der Waals surface area contributed by atoms with Crippen LogP contribution in [-0.2, 0) is 0 Å². The Morgan fingerprint density at radius 3 is 2.43 bits per heavy atom. The maximum absolute atomic E-state index is 11.4. The highest BCUT2D eigenvalue weighted by Crippen LogP contribution is 1.97. The van der Waals surface area contributed by atoms with Crippen LogP contribution < -0.4 is 0 Å². The smallest absolute Gasteiger partial charge is 0.0931 e. The Morgan fingerprint density at radius 2 is 2.29 bits per heavy atom. The lowest BCUT2D eigenvalue weighted by Crippen LogP contribution is -1.75. The fourth-order valence-corrected chi connectivity index (χ4v) is 0.293. The van der Waals surface area contributed by atoms with Crippen molar-refractivity contribution in [3.63, 3.8) is 0 Å². The van der Waals surface area contributed by atoms with Crippen molar-refractivity contribution in [1.29, 1.82) is 0 Å². The van der Waals surface area contributed by atoms with Crippen LogP contribution in [0.2, 0.25) is 0 Å². The van der Waals surface area contributed by atoms with Crippen molar-refractivity contribution >= 4 is 0 Å². The van der Waals surface area contributed by atoms with Gasteiger partial charge in [0, 0.05) is 0 Å². The summed E-state index contributed by atoms with van der Waals surface area (Å²) in [6.07, 6.45) is 2.52. The molecular weight excluding hydrogens is 91.1 g/mol. The van der Waals surface area contributed by atoms with E-state index in [4.69, 9.17) is 0 Å². The van der Waals surface area contributed by atoms with Gasteiger partial charge in [-0.05, 0) is 20.3 Å². The van der Waals surface area contributed by atoms with Gasteiger partial charge in [-0.1, -0.05) is 11.6 Å². The van der Waals surface area contributed by atoms with Gasteiger partial charge in [0.2, 0.25) is 0 Å². The zero-order valence-electron chi connectivity index (χ0n) is 4.87. The Balaban J connectivity index is 3.17. The topological polar surface area (TPSA) is 0 Å². The van der Waals surface area contributed by atoms with Crippen LogP contribution in [0.25, 0.3) is 0 Å². The molecule has 0 radical (unpaired) electrons. The highest BCUT2D eigenvalue weighted by Gasteiger charge is 1.82. The molecule has 0 rings (SSSR count). The molecular formula is C6H11F. The summed E-state index contributed by atoms with van der Waals surface area (Å²) in [7, 11) is 0. The number of allylic oxidation sites excluding steroid dienone is 2. The van der Waals surface area contributed by atoms with E-state index in [-0.39, 0.29) is 6.67 Å². The first-order valence-electron chi connectivity index (χ1n) is 2.49. The summed E-state index contributed by atoms with van der Waals surface area (Å²) < 4.78 is 11.4. The zero-order chi connectivity index (χ0) is 5.70. The fraction of sp³-hybridized carbons (Fsp3) is 0.667. The van der Waals surface area contributed by atoms with Gasteiger partial charge in [-0.2, -0.15) is 0 Å². The number of rotatable bonds is 2. The first-order valence-corrected chi connectivity index (χ1v) is 2.49. The molecule has 7 heavy (non-hydrogen) atoms. The molecule has 0 aliphatic rings.